The predicted molar refractivity (Wildman–Crippen MR) is 107 cm³/mol. The maximum atomic E-state index is 13.1. The number of nitrogens with one attached hydrogen (secondary N) is 1. The molecule has 0 bridgehead atoms. The summed E-state index contributed by atoms with van der Waals surface area (Å²) in [6.07, 6.45) is 1.31. The zero-order valence-corrected chi connectivity index (χ0v) is 15.8. The van der Waals surface area contributed by atoms with E-state index >= 15 is 0 Å². The molecule has 2 aromatic heterocycles. The van der Waals surface area contributed by atoms with Crippen LogP contribution in [0.25, 0.3) is 21.5 Å². The summed E-state index contributed by atoms with van der Waals surface area (Å²) in [6.45, 7) is -0.196. The van der Waals surface area contributed by atoms with E-state index in [9.17, 15) is 14.0 Å². The molecule has 1 amide bonds. The SMILES string of the molecule is O=C(Cn1cnc2c(-c3ccc(F)cc3)nsc2c1=O)Nc1cccc(Cl)c1. The second-order valence-corrected chi connectivity index (χ2v) is 7.16. The van der Waals surface area contributed by atoms with Gasteiger partial charge in [0.25, 0.3) is 5.56 Å². The van der Waals surface area contributed by atoms with E-state index < -0.39 is 0 Å². The van der Waals surface area contributed by atoms with Crippen LogP contribution in [0.5, 0.6) is 0 Å². The molecule has 0 radical (unpaired) electrons. The van der Waals surface area contributed by atoms with Gasteiger partial charge in [-0.2, -0.15) is 4.37 Å². The molecule has 2 heterocycles. The summed E-state index contributed by atoms with van der Waals surface area (Å²) in [6, 6.07) is 12.5. The number of anilines is 1. The van der Waals surface area contributed by atoms with Gasteiger partial charge in [0.2, 0.25) is 5.91 Å². The number of hydrogen-bond donors (Lipinski definition) is 1. The lowest BCUT2D eigenvalue weighted by Crippen LogP contribution is -2.27. The minimum atomic E-state index is -0.381. The summed E-state index contributed by atoms with van der Waals surface area (Å²) in [5, 5.41) is 3.18. The van der Waals surface area contributed by atoms with E-state index in [1.807, 2.05) is 0 Å². The van der Waals surface area contributed by atoms with E-state index in [0.717, 1.165) is 11.5 Å². The number of nitrogens with zero attached hydrogens (tertiary/aromatic N) is 3. The molecule has 4 aromatic rings. The highest BCUT2D eigenvalue weighted by atomic mass is 35.5. The molecule has 140 valence electrons. The van der Waals surface area contributed by atoms with Crippen molar-refractivity contribution < 1.29 is 9.18 Å². The summed E-state index contributed by atoms with van der Waals surface area (Å²) >= 11 is 6.90. The average molecular weight is 415 g/mol. The van der Waals surface area contributed by atoms with Gasteiger partial charge in [0.15, 0.2) is 0 Å². The molecule has 0 aliphatic rings. The Labute approximate surface area is 167 Å². The van der Waals surface area contributed by atoms with Crippen LogP contribution >= 0.6 is 23.1 Å². The van der Waals surface area contributed by atoms with Crippen molar-refractivity contribution in [2.24, 2.45) is 0 Å². The molecule has 28 heavy (non-hydrogen) atoms. The number of fused-ring (bicyclic) bond motifs is 1. The fraction of sp³-hybridized carbons (Fsp3) is 0.0526. The number of rotatable bonds is 4. The van der Waals surface area contributed by atoms with E-state index in [2.05, 4.69) is 14.7 Å². The number of aromatic nitrogens is 3. The van der Waals surface area contributed by atoms with E-state index in [4.69, 9.17) is 11.6 Å². The van der Waals surface area contributed by atoms with Gasteiger partial charge in [0, 0.05) is 16.3 Å². The van der Waals surface area contributed by atoms with Crippen LogP contribution in [0, 0.1) is 5.82 Å². The molecular weight excluding hydrogens is 403 g/mol. The largest absolute Gasteiger partial charge is 0.324 e. The van der Waals surface area contributed by atoms with Crippen molar-refractivity contribution in [3.05, 3.63) is 76.1 Å². The summed E-state index contributed by atoms with van der Waals surface area (Å²) in [5.41, 5.74) is 1.77. The number of carbonyl (C=O) groups is 1. The maximum Gasteiger partial charge on any atom is 0.273 e. The summed E-state index contributed by atoms with van der Waals surface area (Å²) < 4.78 is 19.0. The Balaban J connectivity index is 1.61. The Bertz CT molecular complexity index is 1240. The van der Waals surface area contributed by atoms with Crippen LogP contribution in [0.15, 0.2) is 59.7 Å². The summed E-state index contributed by atoms with van der Waals surface area (Å²) in [5.74, 6) is -0.738. The van der Waals surface area contributed by atoms with Gasteiger partial charge in [0.05, 0.1) is 6.33 Å². The van der Waals surface area contributed by atoms with Crippen LogP contribution in [0.3, 0.4) is 0 Å². The number of carbonyl (C=O) groups excluding carboxylic acids is 1. The first-order chi connectivity index (χ1) is 13.5. The molecular formula is C19H12ClFN4O2S. The monoisotopic (exact) mass is 414 g/mol. The second-order valence-electron chi connectivity index (χ2n) is 5.95. The van der Waals surface area contributed by atoms with E-state index in [-0.39, 0.29) is 23.8 Å². The predicted octanol–water partition coefficient (Wildman–Crippen LogP) is 3.95. The topological polar surface area (TPSA) is 76.9 Å². The normalized spacial score (nSPS) is 10.9. The Morgan fingerprint density at radius 3 is 2.75 bits per heavy atom. The first-order valence-corrected chi connectivity index (χ1v) is 9.32. The van der Waals surface area contributed by atoms with Crippen molar-refractivity contribution >= 4 is 44.9 Å². The van der Waals surface area contributed by atoms with Crippen LogP contribution < -0.4 is 10.9 Å². The standard InChI is InChI=1S/C19H12ClFN4O2S/c20-12-2-1-3-14(8-12)23-15(26)9-25-10-22-17-16(24-28-18(17)19(25)27)11-4-6-13(21)7-5-11/h1-8,10H,9H2,(H,23,26). The lowest BCUT2D eigenvalue weighted by Gasteiger charge is -2.07. The molecule has 6 nitrogen and oxygen atoms in total. The van der Waals surface area contributed by atoms with Gasteiger partial charge < -0.3 is 5.32 Å². The Morgan fingerprint density at radius 2 is 2.00 bits per heavy atom. The van der Waals surface area contributed by atoms with Crippen molar-refractivity contribution in [2.75, 3.05) is 5.32 Å². The molecule has 1 N–H and O–H groups in total. The fourth-order valence-corrected chi connectivity index (χ4v) is 3.68. The van der Waals surface area contributed by atoms with Crippen molar-refractivity contribution in [3.63, 3.8) is 0 Å². The zero-order chi connectivity index (χ0) is 19.7. The average Bonchev–Trinajstić information content (AvgIpc) is 3.09. The lowest BCUT2D eigenvalue weighted by atomic mass is 10.1. The van der Waals surface area contributed by atoms with Gasteiger partial charge >= 0.3 is 0 Å². The molecule has 4 rings (SSSR count). The maximum absolute atomic E-state index is 13.1. The number of halogens is 2. The first kappa shape index (κ1) is 18.3. The molecule has 9 heteroatoms. The Kier molecular flexibility index (Phi) is 4.89. The van der Waals surface area contributed by atoms with Crippen LogP contribution in [0.2, 0.25) is 5.02 Å². The summed E-state index contributed by atoms with van der Waals surface area (Å²) in [4.78, 5) is 29.2. The van der Waals surface area contributed by atoms with Gasteiger partial charge in [-0.15, -0.1) is 0 Å². The Morgan fingerprint density at radius 1 is 1.21 bits per heavy atom. The van der Waals surface area contributed by atoms with Crippen molar-refractivity contribution in [2.45, 2.75) is 6.54 Å². The third-order valence-electron chi connectivity index (χ3n) is 3.99. The first-order valence-electron chi connectivity index (χ1n) is 8.17. The van der Waals surface area contributed by atoms with E-state index in [1.54, 1.807) is 36.4 Å². The van der Waals surface area contributed by atoms with Gasteiger partial charge in [-0.05, 0) is 54.0 Å². The second kappa shape index (κ2) is 7.49. The van der Waals surface area contributed by atoms with Crippen LogP contribution in [0.4, 0.5) is 10.1 Å². The molecule has 0 atom stereocenters. The third kappa shape index (κ3) is 3.64. The highest BCUT2D eigenvalue weighted by molar-refractivity contribution is 7.13. The van der Waals surface area contributed by atoms with Gasteiger partial charge in [-0.1, -0.05) is 17.7 Å². The highest BCUT2D eigenvalue weighted by Crippen LogP contribution is 2.27. The van der Waals surface area contributed by atoms with Gasteiger partial charge in [0.1, 0.15) is 28.3 Å². The molecule has 0 saturated carbocycles. The van der Waals surface area contributed by atoms with Gasteiger partial charge in [-0.25, -0.2) is 9.37 Å². The van der Waals surface area contributed by atoms with E-state index in [0.29, 0.717) is 32.2 Å². The quantitative estimate of drug-likeness (QED) is 0.548. The molecule has 2 aromatic carbocycles. The Hall–Kier alpha value is -3.10. The minimum absolute atomic E-state index is 0.196. The molecule has 0 aliphatic heterocycles. The van der Waals surface area contributed by atoms with Crippen molar-refractivity contribution in [1.82, 2.24) is 13.9 Å². The zero-order valence-electron chi connectivity index (χ0n) is 14.2. The van der Waals surface area contributed by atoms with Gasteiger partial charge in [-0.3, -0.25) is 14.2 Å². The fourth-order valence-electron chi connectivity index (χ4n) is 2.69. The van der Waals surface area contributed by atoms with E-state index in [1.165, 1.54) is 23.0 Å². The molecule has 0 spiro atoms. The highest BCUT2D eigenvalue weighted by Gasteiger charge is 2.15. The summed E-state index contributed by atoms with van der Waals surface area (Å²) in [7, 11) is 0. The van der Waals surface area contributed by atoms with Crippen molar-refractivity contribution in [3.8, 4) is 11.3 Å². The minimum Gasteiger partial charge on any atom is -0.324 e. The smallest absolute Gasteiger partial charge is 0.273 e. The number of hydrogen-bond acceptors (Lipinski definition) is 5. The molecule has 0 unspecified atom stereocenters. The number of benzene rings is 2. The van der Waals surface area contributed by atoms with Crippen LogP contribution in [-0.2, 0) is 11.3 Å². The number of amides is 1. The van der Waals surface area contributed by atoms with Crippen LogP contribution in [0.1, 0.15) is 0 Å². The van der Waals surface area contributed by atoms with Crippen LogP contribution in [-0.4, -0.2) is 19.8 Å². The molecule has 0 saturated heterocycles. The molecule has 0 aliphatic carbocycles. The third-order valence-corrected chi connectivity index (χ3v) is 5.05. The van der Waals surface area contributed by atoms with Crippen molar-refractivity contribution in [1.29, 1.82) is 0 Å². The lowest BCUT2D eigenvalue weighted by molar-refractivity contribution is -0.116. The molecule has 0 fully saturated rings.